The summed E-state index contributed by atoms with van der Waals surface area (Å²) in [5.41, 5.74) is 3.54. The van der Waals surface area contributed by atoms with Gasteiger partial charge in [-0.2, -0.15) is 5.10 Å². The van der Waals surface area contributed by atoms with Gasteiger partial charge in [0, 0.05) is 36.6 Å². The van der Waals surface area contributed by atoms with Gasteiger partial charge in [-0.15, -0.1) is 0 Å². The number of amides is 1. The predicted molar refractivity (Wildman–Crippen MR) is 119 cm³/mol. The first kappa shape index (κ1) is 20.5. The summed E-state index contributed by atoms with van der Waals surface area (Å²) >= 11 is 6.05. The van der Waals surface area contributed by atoms with Crippen LogP contribution in [-0.4, -0.2) is 40.8 Å². The van der Waals surface area contributed by atoms with Crippen molar-refractivity contribution in [3.8, 4) is 17.0 Å². The maximum Gasteiger partial charge on any atom is 0.272 e. The Kier molecular flexibility index (Phi) is 6.09. The van der Waals surface area contributed by atoms with E-state index < -0.39 is 0 Å². The van der Waals surface area contributed by atoms with Gasteiger partial charge in [0.15, 0.2) is 0 Å². The number of aryl methyl sites for hydroxylation is 1. The van der Waals surface area contributed by atoms with Gasteiger partial charge >= 0.3 is 0 Å². The van der Waals surface area contributed by atoms with E-state index in [9.17, 15) is 4.79 Å². The van der Waals surface area contributed by atoms with Gasteiger partial charge in [0.1, 0.15) is 11.4 Å². The second-order valence-corrected chi connectivity index (χ2v) is 8.20. The molecule has 0 bridgehead atoms. The Morgan fingerprint density at radius 2 is 1.93 bits per heavy atom. The summed E-state index contributed by atoms with van der Waals surface area (Å²) in [6.07, 6.45) is 3.19. The molecule has 6 heteroatoms. The van der Waals surface area contributed by atoms with E-state index in [1.165, 1.54) is 5.56 Å². The molecule has 156 valence electrons. The number of hydrogen-bond donors (Lipinski definition) is 0. The first-order valence-electron chi connectivity index (χ1n) is 10.3. The summed E-state index contributed by atoms with van der Waals surface area (Å²) in [5, 5.41) is 5.32. The third kappa shape index (κ3) is 4.36. The molecular weight excluding hydrogens is 398 g/mol. The van der Waals surface area contributed by atoms with Gasteiger partial charge in [-0.05, 0) is 48.7 Å². The smallest absolute Gasteiger partial charge is 0.272 e. The fourth-order valence-corrected chi connectivity index (χ4v) is 4.21. The minimum atomic E-state index is 0.0278. The Morgan fingerprint density at radius 3 is 2.70 bits per heavy atom. The first-order valence-corrected chi connectivity index (χ1v) is 10.7. The molecule has 3 aromatic rings. The van der Waals surface area contributed by atoms with Crippen LogP contribution >= 0.6 is 11.6 Å². The Hall–Kier alpha value is -2.79. The van der Waals surface area contributed by atoms with Crippen LogP contribution in [0.4, 0.5) is 0 Å². The monoisotopic (exact) mass is 423 g/mol. The van der Waals surface area contributed by atoms with Crippen LogP contribution in [0, 0.1) is 0 Å². The van der Waals surface area contributed by atoms with Crippen LogP contribution in [0.5, 0.6) is 5.75 Å². The van der Waals surface area contributed by atoms with Crippen LogP contribution < -0.4 is 4.74 Å². The molecule has 0 radical (unpaired) electrons. The molecule has 0 saturated carbocycles. The third-order valence-corrected chi connectivity index (χ3v) is 6.02. The third-order valence-electron chi connectivity index (χ3n) is 5.76. The number of rotatable bonds is 4. The number of ether oxygens (including phenoxy) is 1. The summed E-state index contributed by atoms with van der Waals surface area (Å²) in [5.74, 6) is 1.11. The van der Waals surface area contributed by atoms with Gasteiger partial charge < -0.3 is 9.64 Å². The van der Waals surface area contributed by atoms with Crippen molar-refractivity contribution in [2.75, 3.05) is 20.2 Å². The quantitative estimate of drug-likeness (QED) is 0.582. The van der Waals surface area contributed by atoms with Crippen LogP contribution in [0.15, 0.2) is 54.6 Å². The van der Waals surface area contributed by atoms with Crippen molar-refractivity contribution < 1.29 is 9.53 Å². The molecule has 1 aromatic heterocycles. The van der Waals surface area contributed by atoms with Crippen molar-refractivity contribution in [1.82, 2.24) is 14.7 Å². The molecule has 1 amide bonds. The van der Waals surface area contributed by atoms with Crippen LogP contribution in [-0.2, 0) is 7.05 Å². The molecule has 30 heavy (non-hydrogen) atoms. The first-order chi connectivity index (χ1) is 14.5. The second kappa shape index (κ2) is 8.92. The maximum absolute atomic E-state index is 13.4. The Morgan fingerprint density at radius 1 is 1.13 bits per heavy atom. The number of aromatic nitrogens is 2. The lowest BCUT2D eigenvalue weighted by Gasteiger charge is -2.25. The minimum Gasteiger partial charge on any atom is -0.497 e. The van der Waals surface area contributed by atoms with Gasteiger partial charge in [-0.1, -0.05) is 42.3 Å². The van der Waals surface area contributed by atoms with Gasteiger partial charge in [-0.25, -0.2) is 0 Å². The SMILES string of the molecule is COc1cccc(-c2cc(C(=O)N3CCCCC(c4ccc(Cl)cc4)C3)n(C)n2)c1. The van der Waals surface area contributed by atoms with Gasteiger partial charge in [0.05, 0.1) is 12.8 Å². The zero-order chi connectivity index (χ0) is 21.1. The van der Waals surface area contributed by atoms with Gasteiger partial charge in [0.25, 0.3) is 5.91 Å². The molecule has 1 atom stereocenters. The molecule has 1 saturated heterocycles. The van der Waals surface area contributed by atoms with E-state index >= 15 is 0 Å². The number of benzene rings is 2. The molecule has 2 heterocycles. The number of halogens is 1. The Bertz CT molecular complexity index is 1030. The topological polar surface area (TPSA) is 47.4 Å². The molecule has 4 rings (SSSR count). The van der Waals surface area contributed by atoms with Gasteiger partial charge in [-0.3, -0.25) is 9.48 Å². The van der Waals surface area contributed by atoms with Crippen molar-refractivity contribution in [3.63, 3.8) is 0 Å². The number of nitrogens with zero attached hydrogens (tertiary/aromatic N) is 3. The fourth-order valence-electron chi connectivity index (χ4n) is 4.09. The van der Waals surface area contributed by atoms with Crippen molar-refractivity contribution >= 4 is 17.5 Å². The van der Waals surface area contributed by atoms with Crippen LogP contribution in [0.1, 0.15) is 41.2 Å². The molecular formula is C24H26ClN3O2. The number of methoxy groups -OCH3 is 1. The summed E-state index contributed by atoms with van der Waals surface area (Å²) < 4.78 is 6.99. The standard InChI is InChI=1S/C24H26ClN3O2/c1-27-23(15-22(26-27)18-7-5-8-21(14-18)30-2)24(29)28-13-4-3-6-19(16-28)17-9-11-20(25)12-10-17/h5,7-12,14-15,19H,3-4,6,13,16H2,1-2H3. The fraction of sp³-hybridized carbons (Fsp3) is 0.333. The summed E-state index contributed by atoms with van der Waals surface area (Å²) in [6, 6.07) is 17.6. The lowest BCUT2D eigenvalue weighted by atomic mass is 9.94. The zero-order valence-corrected chi connectivity index (χ0v) is 18.1. The van der Waals surface area contributed by atoms with E-state index in [4.69, 9.17) is 16.3 Å². The molecule has 0 N–H and O–H groups in total. The summed E-state index contributed by atoms with van der Waals surface area (Å²) in [4.78, 5) is 15.4. The van der Waals surface area contributed by atoms with E-state index in [1.807, 2.05) is 54.4 Å². The molecule has 0 spiro atoms. The number of likely N-dealkylation sites (tertiary alicyclic amines) is 1. The summed E-state index contributed by atoms with van der Waals surface area (Å²) in [6.45, 7) is 1.47. The van der Waals surface area contributed by atoms with E-state index in [1.54, 1.807) is 11.8 Å². The van der Waals surface area contributed by atoms with Crippen molar-refractivity contribution in [2.45, 2.75) is 25.2 Å². The molecule has 0 aliphatic carbocycles. The van der Waals surface area contributed by atoms with Crippen molar-refractivity contribution in [2.24, 2.45) is 7.05 Å². The summed E-state index contributed by atoms with van der Waals surface area (Å²) in [7, 11) is 3.47. The van der Waals surface area contributed by atoms with Crippen molar-refractivity contribution in [3.05, 3.63) is 70.9 Å². The van der Waals surface area contributed by atoms with Gasteiger partial charge in [0.2, 0.25) is 0 Å². The maximum atomic E-state index is 13.4. The van der Waals surface area contributed by atoms with E-state index in [0.29, 0.717) is 18.2 Å². The van der Waals surface area contributed by atoms with Crippen LogP contribution in [0.25, 0.3) is 11.3 Å². The Labute approximate surface area is 182 Å². The molecule has 1 aliphatic heterocycles. The van der Waals surface area contributed by atoms with E-state index in [2.05, 4.69) is 17.2 Å². The number of carbonyl (C=O) groups excluding carboxylic acids is 1. The lowest BCUT2D eigenvalue weighted by molar-refractivity contribution is 0.0743. The normalized spacial score (nSPS) is 16.9. The highest BCUT2D eigenvalue weighted by molar-refractivity contribution is 6.30. The average Bonchev–Trinajstić information content (AvgIpc) is 2.99. The molecule has 1 unspecified atom stereocenters. The molecule has 1 aliphatic rings. The van der Waals surface area contributed by atoms with Crippen LogP contribution in [0.2, 0.25) is 5.02 Å². The highest BCUT2D eigenvalue weighted by atomic mass is 35.5. The van der Waals surface area contributed by atoms with Crippen molar-refractivity contribution in [1.29, 1.82) is 0 Å². The zero-order valence-electron chi connectivity index (χ0n) is 17.3. The lowest BCUT2D eigenvalue weighted by Crippen LogP contribution is -2.35. The average molecular weight is 424 g/mol. The van der Waals surface area contributed by atoms with E-state index in [-0.39, 0.29) is 5.91 Å². The highest BCUT2D eigenvalue weighted by Gasteiger charge is 2.26. The minimum absolute atomic E-state index is 0.0278. The molecule has 1 fully saturated rings. The van der Waals surface area contributed by atoms with E-state index in [0.717, 1.165) is 47.8 Å². The van der Waals surface area contributed by atoms with Crippen LogP contribution in [0.3, 0.4) is 0 Å². The molecule has 5 nitrogen and oxygen atoms in total. The predicted octanol–water partition coefficient (Wildman–Crippen LogP) is 5.16. The number of hydrogen-bond acceptors (Lipinski definition) is 3. The highest BCUT2D eigenvalue weighted by Crippen LogP contribution is 2.29. The second-order valence-electron chi connectivity index (χ2n) is 7.77. The number of carbonyl (C=O) groups is 1. The largest absolute Gasteiger partial charge is 0.497 e. The molecule has 2 aromatic carbocycles. The Balaban J connectivity index is 1.57.